The third-order valence-electron chi connectivity index (χ3n) is 3.02. The minimum atomic E-state index is -0.464. The number of anilines is 1. The van der Waals surface area contributed by atoms with Crippen LogP contribution in [0.5, 0.6) is 0 Å². The number of carbonyl (C=O) groups is 1. The van der Waals surface area contributed by atoms with E-state index in [1.54, 1.807) is 0 Å². The minimum Gasteiger partial charge on any atom is -0.320 e. The Hall–Kier alpha value is -0.940. The van der Waals surface area contributed by atoms with Crippen LogP contribution in [0.25, 0.3) is 0 Å². The van der Waals surface area contributed by atoms with E-state index < -0.39 is 6.04 Å². The van der Waals surface area contributed by atoms with E-state index in [9.17, 15) is 4.79 Å². The first-order chi connectivity index (χ1) is 7.99. The fourth-order valence-electron chi connectivity index (χ4n) is 1.51. The summed E-state index contributed by atoms with van der Waals surface area (Å²) in [5, 5.41) is 3.45. The predicted molar refractivity (Wildman–Crippen MR) is 72.3 cm³/mol. The molecule has 0 unspecified atom stereocenters. The van der Waals surface area contributed by atoms with Crippen molar-refractivity contribution in [2.45, 2.75) is 46.6 Å². The lowest BCUT2D eigenvalue weighted by molar-refractivity contribution is -0.118. The van der Waals surface area contributed by atoms with E-state index in [2.05, 4.69) is 17.2 Å². The molecule has 0 aliphatic heterocycles. The van der Waals surface area contributed by atoms with Crippen LogP contribution in [-0.4, -0.2) is 16.9 Å². The first kappa shape index (κ1) is 14.1. The Kier molecular flexibility index (Phi) is 5.08. The summed E-state index contributed by atoms with van der Waals surface area (Å²) in [6.45, 7) is 8.08. The van der Waals surface area contributed by atoms with Crippen molar-refractivity contribution in [2.24, 2.45) is 11.7 Å². The Balaban J connectivity index is 2.67. The van der Waals surface area contributed by atoms with Gasteiger partial charge in [0, 0.05) is 4.88 Å². The number of thiazole rings is 1. The number of nitrogens with two attached hydrogens (primary N) is 1. The van der Waals surface area contributed by atoms with Crippen LogP contribution in [0.3, 0.4) is 0 Å². The van der Waals surface area contributed by atoms with Crippen LogP contribution in [0.15, 0.2) is 0 Å². The summed E-state index contributed by atoms with van der Waals surface area (Å²) in [6, 6.07) is -0.464. The second kappa shape index (κ2) is 6.12. The first-order valence-corrected chi connectivity index (χ1v) is 6.83. The van der Waals surface area contributed by atoms with Gasteiger partial charge in [0.15, 0.2) is 5.13 Å². The highest BCUT2D eigenvalue weighted by atomic mass is 32.1. The molecule has 0 aliphatic rings. The van der Waals surface area contributed by atoms with Crippen molar-refractivity contribution >= 4 is 22.4 Å². The standard InChI is InChI=1S/C12H21N3OS/c1-5-7(3)10(13)11(16)15-12-14-9(6-2)8(4)17-12/h7,10H,5-6,13H2,1-4H3,(H,14,15,16)/t7-,10-/m0/s1. The number of hydrogen-bond donors (Lipinski definition) is 2. The highest BCUT2D eigenvalue weighted by molar-refractivity contribution is 7.15. The number of amides is 1. The Bertz CT molecular complexity index is 389. The summed E-state index contributed by atoms with van der Waals surface area (Å²) in [5.41, 5.74) is 6.91. The number of nitrogens with zero attached hydrogens (tertiary/aromatic N) is 1. The fraction of sp³-hybridized carbons (Fsp3) is 0.667. The van der Waals surface area contributed by atoms with Crippen LogP contribution in [0.2, 0.25) is 0 Å². The minimum absolute atomic E-state index is 0.143. The molecular formula is C12H21N3OS. The first-order valence-electron chi connectivity index (χ1n) is 6.02. The van der Waals surface area contributed by atoms with Gasteiger partial charge in [-0.25, -0.2) is 4.98 Å². The van der Waals surface area contributed by atoms with E-state index in [1.165, 1.54) is 11.3 Å². The van der Waals surface area contributed by atoms with Crippen LogP contribution in [0.4, 0.5) is 5.13 Å². The molecular weight excluding hydrogens is 234 g/mol. The average Bonchev–Trinajstić information content (AvgIpc) is 2.67. The van der Waals surface area contributed by atoms with Gasteiger partial charge in [-0.3, -0.25) is 4.79 Å². The Morgan fingerprint density at radius 2 is 2.18 bits per heavy atom. The molecule has 0 radical (unpaired) electrons. The molecule has 0 aliphatic carbocycles. The van der Waals surface area contributed by atoms with Crippen LogP contribution in [0.1, 0.15) is 37.8 Å². The van der Waals surface area contributed by atoms with Crippen molar-refractivity contribution in [2.75, 3.05) is 5.32 Å². The topological polar surface area (TPSA) is 68.0 Å². The van der Waals surface area contributed by atoms with E-state index in [0.717, 1.165) is 23.4 Å². The van der Waals surface area contributed by atoms with Crippen molar-refractivity contribution in [1.29, 1.82) is 0 Å². The van der Waals surface area contributed by atoms with E-state index in [4.69, 9.17) is 5.73 Å². The molecule has 0 spiro atoms. The molecule has 2 atom stereocenters. The zero-order valence-corrected chi connectivity index (χ0v) is 11.7. The van der Waals surface area contributed by atoms with Gasteiger partial charge < -0.3 is 11.1 Å². The van der Waals surface area contributed by atoms with Gasteiger partial charge in [-0.2, -0.15) is 0 Å². The maximum Gasteiger partial charge on any atom is 0.243 e. The number of carbonyl (C=O) groups excluding carboxylic acids is 1. The summed E-state index contributed by atoms with van der Waals surface area (Å²) in [5.74, 6) is 0.0393. The van der Waals surface area contributed by atoms with Gasteiger partial charge in [0.1, 0.15) is 0 Å². The van der Waals surface area contributed by atoms with E-state index in [0.29, 0.717) is 5.13 Å². The summed E-state index contributed by atoms with van der Waals surface area (Å²) < 4.78 is 0. The van der Waals surface area contributed by atoms with E-state index >= 15 is 0 Å². The highest BCUT2D eigenvalue weighted by Crippen LogP contribution is 2.22. The molecule has 17 heavy (non-hydrogen) atoms. The van der Waals surface area contributed by atoms with Gasteiger partial charge in [-0.1, -0.05) is 27.2 Å². The number of aryl methyl sites for hydroxylation is 2. The van der Waals surface area contributed by atoms with Crippen molar-refractivity contribution in [3.05, 3.63) is 10.6 Å². The summed E-state index contributed by atoms with van der Waals surface area (Å²) in [6.07, 6.45) is 1.78. The predicted octanol–water partition coefficient (Wildman–Crippen LogP) is 2.33. The van der Waals surface area contributed by atoms with Crippen LogP contribution in [-0.2, 0) is 11.2 Å². The highest BCUT2D eigenvalue weighted by Gasteiger charge is 2.20. The van der Waals surface area contributed by atoms with Crippen molar-refractivity contribution < 1.29 is 4.79 Å². The van der Waals surface area contributed by atoms with Gasteiger partial charge in [0.2, 0.25) is 5.91 Å². The smallest absolute Gasteiger partial charge is 0.243 e. The quantitative estimate of drug-likeness (QED) is 0.848. The third kappa shape index (κ3) is 3.51. The molecule has 1 heterocycles. The van der Waals surface area contributed by atoms with Crippen molar-refractivity contribution in [3.63, 3.8) is 0 Å². The van der Waals surface area contributed by atoms with Crippen molar-refractivity contribution in [1.82, 2.24) is 4.98 Å². The molecule has 1 rings (SSSR count). The Morgan fingerprint density at radius 3 is 2.65 bits per heavy atom. The van der Waals surface area contributed by atoms with E-state index in [-0.39, 0.29) is 11.8 Å². The number of hydrogen-bond acceptors (Lipinski definition) is 4. The van der Waals surface area contributed by atoms with Gasteiger partial charge >= 0.3 is 0 Å². The van der Waals surface area contributed by atoms with E-state index in [1.807, 2.05) is 20.8 Å². The number of aromatic nitrogens is 1. The number of rotatable bonds is 5. The molecule has 3 N–H and O–H groups in total. The normalized spacial score (nSPS) is 14.4. The second-order valence-corrected chi connectivity index (χ2v) is 5.48. The molecule has 0 bridgehead atoms. The SMILES string of the molecule is CCc1nc(NC(=O)[C@@H](N)[C@@H](C)CC)sc1C. The molecule has 4 nitrogen and oxygen atoms in total. The van der Waals surface area contributed by atoms with Crippen molar-refractivity contribution in [3.8, 4) is 0 Å². The molecule has 1 aromatic rings. The second-order valence-electron chi connectivity index (χ2n) is 4.28. The molecule has 1 amide bonds. The monoisotopic (exact) mass is 255 g/mol. The third-order valence-corrected chi connectivity index (χ3v) is 3.95. The molecule has 0 saturated heterocycles. The van der Waals surface area contributed by atoms with Gasteiger partial charge in [-0.15, -0.1) is 11.3 Å². The summed E-state index contributed by atoms with van der Waals surface area (Å²) in [4.78, 5) is 17.4. The fourth-order valence-corrected chi connectivity index (χ4v) is 2.42. The average molecular weight is 255 g/mol. The zero-order chi connectivity index (χ0) is 13.0. The zero-order valence-electron chi connectivity index (χ0n) is 10.9. The van der Waals surface area contributed by atoms with Crippen LogP contribution < -0.4 is 11.1 Å². The maximum atomic E-state index is 11.9. The lowest BCUT2D eigenvalue weighted by Gasteiger charge is -2.16. The Labute approximate surface area is 107 Å². The summed E-state index contributed by atoms with van der Waals surface area (Å²) >= 11 is 1.51. The van der Waals surface area contributed by atoms with Crippen LogP contribution >= 0.6 is 11.3 Å². The van der Waals surface area contributed by atoms with Gasteiger partial charge in [0.25, 0.3) is 0 Å². The molecule has 0 saturated carbocycles. The molecule has 1 aromatic heterocycles. The summed E-state index contributed by atoms with van der Waals surface area (Å²) in [7, 11) is 0. The Morgan fingerprint density at radius 1 is 1.53 bits per heavy atom. The lowest BCUT2D eigenvalue weighted by atomic mass is 10.00. The number of nitrogens with one attached hydrogen (secondary N) is 1. The van der Waals surface area contributed by atoms with Gasteiger partial charge in [0.05, 0.1) is 11.7 Å². The molecule has 96 valence electrons. The lowest BCUT2D eigenvalue weighted by Crippen LogP contribution is -2.40. The van der Waals surface area contributed by atoms with Gasteiger partial charge in [-0.05, 0) is 19.3 Å². The molecule has 0 fully saturated rings. The largest absolute Gasteiger partial charge is 0.320 e. The van der Waals surface area contributed by atoms with Crippen LogP contribution in [0, 0.1) is 12.8 Å². The maximum absolute atomic E-state index is 11.9. The molecule has 5 heteroatoms. The molecule has 0 aromatic carbocycles.